The van der Waals surface area contributed by atoms with Crippen LogP contribution in [0.25, 0.3) is 0 Å². The summed E-state index contributed by atoms with van der Waals surface area (Å²) in [4.78, 5) is 0. The molecule has 1 heteroatoms. The van der Waals surface area contributed by atoms with Gasteiger partial charge in [-0.05, 0) is 32.6 Å². The molecule has 0 aromatic heterocycles. The van der Waals surface area contributed by atoms with Gasteiger partial charge in [-0.3, -0.25) is 0 Å². The van der Waals surface area contributed by atoms with E-state index in [1.165, 1.54) is 12.8 Å². The Hall–Kier alpha value is -0.0400. The van der Waals surface area contributed by atoms with E-state index in [2.05, 4.69) is 20.8 Å². The van der Waals surface area contributed by atoms with Gasteiger partial charge in [0, 0.05) is 0 Å². The van der Waals surface area contributed by atoms with Crippen LogP contribution in [0.1, 0.15) is 33.6 Å². The maximum Gasteiger partial charge on any atom is 0.0553 e. The van der Waals surface area contributed by atoms with E-state index >= 15 is 0 Å². The van der Waals surface area contributed by atoms with E-state index in [0.29, 0.717) is 12.2 Å². The Balaban J connectivity index is 2.34. The van der Waals surface area contributed by atoms with Crippen molar-refractivity contribution >= 4 is 0 Å². The van der Waals surface area contributed by atoms with Crippen LogP contribution >= 0.6 is 0 Å². The van der Waals surface area contributed by atoms with Crippen molar-refractivity contribution in [2.45, 2.75) is 45.8 Å². The van der Waals surface area contributed by atoms with Gasteiger partial charge in [0.2, 0.25) is 0 Å². The van der Waals surface area contributed by atoms with Crippen LogP contribution in [0.5, 0.6) is 0 Å². The van der Waals surface area contributed by atoms with Crippen molar-refractivity contribution in [2.24, 2.45) is 5.92 Å². The lowest BCUT2D eigenvalue weighted by Crippen LogP contribution is -2.27. The Morgan fingerprint density at radius 3 is 1.78 bits per heavy atom. The molecule has 0 saturated carbocycles. The molecule has 0 spiro atoms. The Bertz CT molecular complexity index is 65.5. The lowest BCUT2D eigenvalue weighted by atomic mass is 9.95. The highest BCUT2D eigenvalue weighted by atomic mass is 16.5. The fraction of sp³-hybridized carbons (Fsp3) is 1.00. The first-order chi connectivity index (χ1) is 4.18. The van der Waals surface area contributed by atoms with E-state index in [1.807, 2.05) is 0 Å². The molecule has 1 aliphatic heterocycles. The van der Waals surface area contributed by atoms with E-state index in [9.17, 15) is 0 Å². The number of rotatable bonds is 0. The van der Waals surface area contributed by atoms with Crippen LogP contribution in [0, 0.1) is 5.92 Å². The molecule has 0 radical (unpaired) electrons. The minimum absolute atomic E-state index is 0.490. The van der Waals surface area contributed by atoms with Gasteiger partial charge >= 0.3 is 0 Å². The highest BCUT2D eigenvalue weighted by Crippen LogP contribution is 2.23. The molecule has 1 aliphatic rings. The van der Waals surface area contributed by atoms with Gasteiger partial charge in [-0.1, -0.05) is 6.92 Å². The van der Waals surface area contributed by atoms with Crippen molar-refractivity contribution in [3.63, 3.8) is 0 Å². The monoisotopic (exact) mass is 128 g/mol. The number of ether oxygens (including phenoxy) is 1. The third-order valence-electron chi connectivity index (χ3n) is 1.93. The summed E-state index contributed by atoms with van der Waals surface area (Å²) in [6.45, 7) is 6.62. The maximum absolute atomic E-state index is 5.56. The topological polar surface area (TPSA) is 9.23 Å². The average molecular weight is 128 g/mol. The van der Waals surface area contributed by atoms with Gasteiger partial charge in [0.15, 0.2) is 0 Å². The first-order valence-corrected chi connectivity index (χ1v) is 3.84. The first-order valence-electron chi connectivity index (χ1n) is 3.84. The summed E-state index contributed by atoms with van der Waals surface area (Å²) in [5.74, 6) is 0.865. The Morgan fingerprint density at radius 1 is 1.00 bits per heavy atom. The molecule has 0 N–H and O–H groups in total. The first kappa shape index (κ1) is 7.07. The molecule has 0 aromatic rings. The molecular formula is C8H16O. The van der Waals surface area contributed by atoms with Gasteiger partial charge < -0.3 is 4.74 Å². The van der Waals surface area contributed by atoms with Gasteiger partial charge in [0.1, 0.15) is 0 Å². The molecule has 0 unspecified atom stereocenters. The Kier molecular flexibility index (Phi) is 2.12. The minimum Gasteiger partial charge on any atom is -0.376 e. The molecule has 0 bridgehead atoms. The largest absolute Gasteiger partial charge is 0.376 e. The third kappa shape index (κ3) is 1.98. The van der Waals surface area contributed by atoms with Crippen molar-refractivity contribution in [2.75, 3.05) is 0 Å². The summed E-state index contributed by atoms with van der Waals surface area (Å²) in [5, 5.41) is 0. The van der Waals surface area contributed by atoms with Crippen LogP contribution in [-0.4, -0.2) is 12.2 Å². The summed E-state index contributed by atoms with van der Waals surface area (Å²) in [6.07, 6.45) is 3.46. The van der Waals surface area contributed by atoms with Crippen LogP contribution in [0.2, 0.25) is 0 Å². The molecule has 1 heterocycles. The molecule has 1 nitrogen and oxygen atoms in total. The third-order valence-corrected chi connectivity index (χ3v) is 1.93. The van der Waals surface area contributed by atoms with Crippen molar-refractivity contribution in [1.82, 2.24) is 0 Å². The standard InChI is InChI=1S/C8H16O/c1-6-4-7(2)9-8(3)5-6/h6-8H,4-5H2,1-3H3/t6-,7+,8-. The zero-order chi connectivity index (χ0) is 6.85. The normalized spacial score (nSPS) is 45.0. The van der Waals surface area contributed by atoms with Crippen molar-refractivity contribution in [3.05, 3.63) is 0 Å². The predicted octanol–water partition coefficient (Wildman–Crippen LogP) is 2.21. The molecule has 1 rings (SSSR count). The minimum atomic E-state index is 0.490. The van der Waals surface area contributed by atoms with Gasteiger partial charge in [-0.15, -0.1) is 0 Å². The second kappa shape index (κ2) is 2.70. The summed E-state index contributed by atoms with van der Waals surface area (Å²) < 4.78 is 5.56. The lowest BCUT2D eigenvalue weighted by Gasteiger charge is -2.29. The molecular weight excluding hydrogens is 112 g/mol. The van der Waals surface area contributed by atoms with Gasteiger partial charge in [-0.2, -0.15) is 0 Å². The molecule has 0 aliphatic carbocycles. The van der Waals surface area contributed by atoms with Crippen LogP contribution in [0.4, 0.5) is 0 Å². The molecule has 54 valence electrons. The summed E-state index contributed by atoms with van der Waals surface area (Å²) in [7, 11) is 0. The second-order valence-electron chi connectivity index (χ2n) is 3.33. The van der Waals surface area contributed by atoms with Crippen molar-refractivity contribution in [3.8, 4) is 0 Å². The smallest absolute Gasteiger partial charge is 0.0553 e. The predicted molar refractivity (Wildman–Crippen MR) is 38.4 cm³/mol. The molecule has 3 atom stereocenters. The van der Waals surface area contributed by atoms with E-state index in [4.69, 9.17) is 4.74 Å². The van der Waals surface area contributed by atoms with Crippen LogP contribution in [0.3, 0.4) is 0 Å². The fourth-order valence-electron chi connectivity index (χ4n) is 1.74. The van der Waals surface area contributed by atoms with E-state index < -0.39 is 0 Å². The molecule has 1 saturated heterocycles. The number of hydrogen-bond donors (Lipinski definition) is 0. The average Bonchev–Trinajstić information content (AvgIpc) is 1.59. The fourth-order valence-corrected chi connectivity index (χ4v) is 1.74. The zero-order valence-corrected chi connectivity index (χ0v) is 6.55. The summed E-state index contributed by atoms with van der Waals surface area (Å²) in [6, 6.07) is 0. The molecule has 9 heavy (non-hydrogen) atoms. The van der Waals surface area contributed by atoms with Crippen LogP contribution in [0.15, 0.2) is 0 Å². The Morgan fingerprint density at radius 2 is 1.44 bits per heavy atom. The summed E-state index contributed by atoms with van der Waals surface area (Å²) in [5.41, 5.74) is 0. The Labute approximate surface area is 57.4 Å². The van der Waals surface area contributed by atoms with Crippen molar-refractivity contribution in [1.29, 1.82) is 0 Å². The number of hydrogen-bond acceptors (Lipinski definition) is 1. The van der Waals surface area contributed by atoms with E-state index in [-0.39, 0.29) is 0 Å². The molecule has 0 aromatic carbocycles. The van der Waals surface area contributed by atoms with Gasteiger partial charge in [0.05, 0.1) is 12.2 Å². The zero-order valence-electron chi connectivity index (χ0n) is 6.55. The SMILES string of the molecule is C[C@H]1C[C@@H](C)O[C@@H](C)C1. The van der Waals surface area contributed by atoms with Crippen LogP contribution in [-0.2, 0) is 4.74 Å². The summed E-state index contributed by atoms with van der Waals surface area (Å²) >= 11 is 0. The molecule has 1 fully saturated rings. The highest BCUT2D eigenvalue weighted by Gasteiger charge is 2.20. The van der Waals surface area contributed by atoms with Gasteiger partial charge in [0.25, 0.3) is 0 Å². The van der Waals surface area contributed by atoms with E-state index in [0.717, 1.165) is 5.92 Å². The van der Waals surface area contributed by atoms with Crippen LogP contribution < -0.4 is 0 Å². The second-order valence-corrected chi connectivity index (χ2v) is 3.33. The molecule has 0 amide bonds. The lowest BCUT2D eigenvalue weighted by molar-refractivity contribution is -0.0485. The highest BCUT2D eigenvalue weighted by molar-refractivity contribution is 4.69. The quantitative estimate of drug-likeness (QED) is 0.486. The van der Waals surface area contributed by atoms with Crippen molar-refractivity contribution < 1.29 is 4.74 Å². The van der Waals surface area contributed by atoms with Gasteiger partial charge in [-0.25, -0.2) is 0 Å². The van der Waals surface area contributed by atoms with E-state index in [1.54, 1.807) is 0 Å². The maximum atomic E-state index is 5.56.